The van der Waals surface area contributed by atoms with Gasteiger partial charge in [-0.15, -0.1) is 0 Å². The van der Waals surface area contributed by atoms with Gasteiger partial charge in [0.05, 0.1) is 0 Å². The normalized spacial score (nSPS) is 64.7. The van der Waals surface area contributed by atoms with E-state index in [2.05, 4.69) is 12.2 Å². The van der Waals surface area contributed by atoms with Gasteiger partial charge in [0.25, 0.3) is 0 Å². The Hall–Kier alpha value is -0.260. The van der Waals surface area contributed by atoms with Crippen molar-refractivity contribution < 1.29 is 0 Å². The Bertz CT molecular complexity index is 229. The monoisotopic (exact) mass is 160 g/mol. The molecule has 0 aromatic heterocycles. The molecule has 0 saturated heterocycles. The van der Waals surface area contributed by atoms with Gasteiger partial charge < -0.3 is 0 Å². The minimum absolute atomic E-state index is 1.02. The molecule has 0 N–H and O–H groups in total. The van der Waals surface area contributed by atoms with Crippen molar-refractivity contribution in [1.29, 1.82) is 0 Å². The standard InChI is InChI=1S/C12H16/c1-2-8-5-7(1)11-9-3-4-10(6-9)12(8)11/h1-2,7-12H,3-6H2/t7-,8+,9?,10?,11+,12?/m0/s1. The zero-order chi connectivity index (χ0) is 7.71. The lowest BCUT2D eigenvalue weighted by Gasteiger charge is -2.31. The second-order valence-corrected chi connectivity index (χ2v) is 5.44. The molecule has 4 aliphatic carbocycles. The predicted molar refractivity (Wildman–Crippen MR) is 48.5 cm³/mol. The molecule has 12 heavy (non-hydrogen) atoms. The van der Waals surface area contributed by atoms with Crippen LogP contribution in [0.25, 0.3) is 0 Å². The average molecular weight is 160 g/mol. The van der Waals surface area contributed by atoms with Crippen LogP contribution < -0.4 is 0 Å². The van der Waals surface area contributed by atoms with E-state index in [1.165, 1.54) is 6.42 Å². The van der Waals surface area contributed by atoms with E-state index in [0.29, 0.717) is 0 Å². The Labute approximate surface area is 74.0 Å². The largest absolute Gasteiger partial charge is 0.0848 e. The lowest BCUT2D eigenvalue weighted by atomic mass is 9.73. The molecule has 0 radical (unpaired) electrons. The minimum Gasteiger partial charge on any atom is -0.0848 e. The highest BCUT2D eigenvalue weighted by Gasteiger charge is 2.57. The molecule has 4 aliphatic rings. The summed E-state index contributed by atoms with van der Waals surface area (Å²) < 4.78 is 0. The second-order valence-electron chi connectivity index (χ2n) is 5.44. The van der Waals surface area contributed by atoms with Crippen LogP contribution in [0.2, 0.25) is 0 Å². The summed E-state index contributed by atoms with van der Waals surface area (Å²) in [5.41, 5.74) is 0. The van der Waals surface area contributed by atoms with Crippen molar-refractivity contribution in [2.45, 2.75) is 25.7 Å². The molecule has 6 atom stereocenters. The van der Waals surface area contributed by atoms with Crippen LogP contribution in [0.15, 0.2) is 12.2 Å². The summed E-state index contributed by atoms with van der Waals surface area (Å²) in [6.45, 7) is 0. The number of allylic oxidation sites excluding steroid dienone is 2. The van der Waals surface area contributed by atoms with E-state index in [4.69, 9.17) is 0 Å². The van der Waals surface area contributed by atoms with Crippen molar-refractivity contribution in [2.24, 2.45) is 35.5 Å². The number of fused-ring (bicyclic) bond motifs is 9. The topological polar surface area (TPSA) is 0 Å². The van der Waals surface area contributed by atoms with Crippen LogP contribution in [-0.2, 0) is 0 Å². The van der Waals surface area contributed by atoms with Gasteiger partial charge in [0.1, 0.15) is 0 Å². The van der Waals surface area contributed by atoms with E-state index in [1.807, 2.05) is 0 Å². The third kappa shape index (κ3) is 0.522. The van der Waals surface area contributed by atoms with Gasteiger partial charge in [-0.1, -0.05) is 12.2 Å². The Balaban J connectivity index is 1.82. The highest BCUT2D eigenvalue weighted by Crippen LogP contribution is 2.65. The lowest BCUT2D eigenvalue weighted by molar-refractivity contribution is 0.206. The summed E-state index contributed by atoms with van der Waals surface area (Å²) >= 11 is 0. The third-order valence-electron chi connectivity index (χ3n) is 5.19. The van der Waals surface area contributed by atoms with Crippen molar-refractivity contribution in [3.8, 4) is 0 Å². The van der Waals surface area contributed by atoms with Crippen LogP contribution in [-0.4, -0.2) is 0 Å². The van der Waals surface area contributed by atoms with Gasteiger partial charge in [-0.2, -0.15) is 0 Å². The second kappa shape index (κ2) is 1.81. The van der Waals surface area contributed by atoms with E-state index in [0.717, 1.165) is 35.5 Å². The quantitative estimate of drug-likeness (QED) is 0.377. The summed E-state index contributed by atoms with van der Waals surface area (Å²) in [6, 6.07) is 0. The Morgan fingerprint density at radius 2 is 1.33 bits per heavy atom. The molecule has 64 valence electrons. The third-order valence-corrected chi connectivity index (χ3v) is 5.19. The molecule has 3 fully saturated rings. The smallest absolute Gasteiger partial charge is 0.0194 e. The SMILES string of the molecule is C1=C[C@H]2C[C@@H]1C1C3CCC(C3)[C@H]12. The van der Waals surface area contributed by atoms with Crippen LogP contribution in [0.1, 0.15) is 25.7 Å². The summed E-state index contributed by atoms with van der Waals surface area (Å²) in [4.78, 5) is 0. The van der Waals surface area contributed by atoms with Crippen LogP contribution in [0.4, 0.5) is 0 Å². The van der Waals surface area contributed by atoms with E-state index >= 15 is 0 Å². The molecule has 3 unspecified atom stereocenters. The molecule has 3 saturated carbocycles. The number of hydrogen-bond donors (Lipinski definition) is 0. The summed E-state index contributed by atoms with van der Waals surface area (Å²) in [5, 5.41) is 0. The van der Waals surface area contributed by atoms with Gasteiger partial charge in [0, 0.05) is 0 Å². The van der Waals surface area contributed by atoms with Crippen LogP contribution in [0, 0.1) is 35.5 Å². The van der Waals surface area contributed by atoms with E-state index in [9.17, 15) is 0 Å². The van der Waals surface area contributed by atoms with Gasteiger partial charge >= 0.3 is 0 Å². The summed E-state index contributed by atoms with van der Waals surface area (Å²) in [5.74, 6) is 6.66. The summed E-state index contributed by atoms with van der Waals surface area (Å²) in [7, 11) is 0. The molecule has 4 rings (SSSR count). The molecular weight excluding hydrogens is 144 g/mol. The molecule has 0 nitrogen and oxygen atoms in total. The van der Waals surface area contributed by atoms with Crippen molar-refractivity contribution >= 4 is 0 Å². The molecule has 0 heterocycles. The first-order valence-electron chi connectivity index (χ1n) is 5.62. The number of rotatable bonds is 0. The van der Waals surface area contributed by atoms with E-state index < -0.39 is 0 Å². The predicted octanol–water partition coefficient (Wildman–Crippen LogP) is 2.85. The van der Waals surface area contributed by atoms with E-state index in [-0.39, 0.29) is 0 Å². The van der Waals surface area contributed by atoms with Gasteiger partial charge in [-0.05, 0) is 61.2 Å². The van der Waals surface area contributed by atoms with Gasteiger partial charge in [0.2, 0.25) is 0 Å². The van der Waals surface area contributed by atoms with Crippen LogP contribution in [0.5, 0.6) is 0 Å². The molecule has 4 bridgehead atoms. The molecule has 0 spiro atoms. The minimum atomic E-state index is 1.02. The fourth-order valence-electron chi connectivity index (χ4n) is 4.98. The molecule has 0 heteroatoms. The van der Waals surface area contributed by atoms with Gasteiger partial charge in [-0.25, -0.2) is 0 Å². The van der Waals surface area contributed by atoms with Crippen molar-refractivity contribution in [2.75, 3.05) is 0 Å². The van der Waals surface area contributed by atoms with Crippen LogP contribution >= 0.6 is 0 Å². The van der Waals surface area contributed by atoms with Crippen LogP contribution in [0.3, 0.4) is 0 Å². The average Bonchev–Trinajstić information content (AvgIpc) is 2.83. The molecule has 0 aliphatic heterocycles. The first kappa shape index (κ1) is 6.23. The highest BCUT2D eigenvalue weighted by atomic mass is 14.6. The Morgan fingerprint density at radius 1 is 0.750 bits per heavy atom. The van der Waals surface area contributed by atoms with Crippen molar-refractivity contribution in [3.63, 3.8) is 0 Å². The van der Waals surface area contributed by atoms with Gasteiger partial charge in [-0.3, -0.25) is 0 Å². The maximum Gasteiger partial charge on any atom is -0.0194 e. The number of hydrogen-bond acceptors (Lipinski definition) is 0. The highest BCUT2D eigenvalue weighted by molar-refractivity contribution is 5.19. The van der Waals surface area contributed by atoms with Crippen molar-refractivity contribution in [3.05, 3.63) is 12.2 Å². The molecule has 0 aromatic rings. The maximum atomic E-state index is 2.53. The Morgan fingerprint density at radius 3 is 1.92 bits per heavy atom. The fraction of sp³-hybridized carbons (Fsp3) is 0.833. The first-order valence-corrected chi connectivity index (χ1v) is 5.62. The summed E-state index contributed by atoms with van der Waals surface area (Å²) in [6.07, 6.45) is 11.3. The fourth-order valence-corrected chi connectivity index (χ4v) is 4.98. The zero-order valence-corrected chi connectivity index (χ0v) is 7.45. The molecule has 0 aromatic carbocycles. The zero-order valence-electron chi connectivity index (χ0n) is 7.45. The van der Waals surface area contributed by atoms with Gasteiger partial charge in [0.15, 0.2) is 0 Å². The lowest BCUT2D eigenvalue weighted by Crippen LogP contribution is -2.25. The maximum absolute atomic E-state index is 2.53. The molecule has 0 amide bonds. The first-order chi connectivity index (χ1) is 5.93. The van der Waals surface area contributed by atoms with Crippen molar-refractivity contribution in [1.82, 2.24) is 0 Å². The molecular formula is C12H16. The van der Waals surface area contributed by atoms with E-state index in [1.54, 1.807) is 19.3 Å². The Kier molecular flexibility index (Phi) is 0.939.